The number of rotatable bonds is 6. The first-order chi connectivity index (χ1) is 16.5. The minimum atomic E-state index is -4.67. The molecule has 0 aliphatic heterocycles. The van der Waals surface area contributed by atoms with Crippen molar-refractivity contribution >= 4 is 28.8 Å². The summed E-state index contributed by atoms with van der Waals surface area (Å²) >= 11 is 0. The first-order valence-corrected chi connectivity index (χ1v) is 11.5. The number of nitrogens with one attached hydrogen (secondary N) is 1. The van der Waals surface area contributed by atoms with E-state index in [2.05, 4.69) is 15.4 Å². The van der Waals surface area contributed by atoms with Crippen LogP contribution in [0.3, 0.4) is 0 Å². The van der Waals surface area contributed by atoms with Crippen molar-refractivity contribution in [3.63, 3.8) is 0 Å². The number of fused-ring (bicyclic) bond motifs is 1. The van der Waals surface area contributed by atoms with Gasteiger partial charge in [0.25, 0.3) is 5.91 Å². The van der Waals surface area contributed by atoms with E-state index in [9.17, 15) is 27.9 Å². The van der Waals surface area contributed by atoms with Gasteiger partial charge in [0, 0.05) is 29.3 Å². The van der Waals surface area contributed by atoms with Crippen LogP contribution < -0.4 is 5.32 Å². The fourth-order valence-electron chi connectivity index (χ4n) is 4.57. The number of carbonyl (C=O) groups excluding carboxylic acids is 2. The van der Waals surface area contributed by atoms with Crippen LogP contribution in [0.1, 0.15) is 73.7 Å². The summed E-state index contributed by atoms with van der Waals surface area (Å²) in [5, 5.41) is 18.7. The second-order valence-electron chi connectivity index (χ2n) is 9.56. The van der Waals surface area contributed by atoms with Crippen LogP contribution in [0.25, 0.3) is 10.9 Å². The smallest absolute Gasteiger partial charge is 0.386 e. The Morgan fingerprint density at radius 3 is 2.54 bits per heavy atom. The fourth-order valence-corrected chi connectivity index (χ4v) is 4.57. The Kier molecular flexibility index (Phi) is 6.68. The Morgan fingerprint density at radius 1 is 1.20 bits per heavy atom. The number of carbonyl (C=O) groups is 2. The van der Waals surface area contributed by atoms with Gasteiger partial charge < -0.3 is 15.2 Å². The highest BCUT2D eigenvalue weighted by Crippen LogP contribution is 2.36. The molecular formula is C25H27F3N4O3. The predicted octanol–water partition coefficient (Wildman–Crippen LogP) is 5.25. The molecule has 186 valence electrons. The lowest BCUT2D eigenvalue weighted by Crippen LogP contribution is -2.22. The Labute approximate surface area is 200 Å². The lowest BCUT2D eigenvalue weighted by Gasteiger charge is -2.27. The molecular weight excluding hydrogens is 461 g/mol. The molecule has 3 aromatic rings. The number of nitrogens with zero attached hydrogens (tertiary/aromatic N) is 3. The number of amides is 1. The van der Waals surface area contributed by atoms with Crippen molar-refractivity contribution in [1.82, 2.24) is 14.8 Å². The molecule has 10 heteroatoms. The Morgan fingerprint density at radius 2 is 1.91 bits per heavy atom. The van der Waals surface area contributed by atoms with E-state index in [1.807, 2.05) is 10.9 Å². The van der Waals surface area contributed by atoms with Crippen LogP contribution in [0.4, 0.5) is 18.9 Å². The van der Waals surface area contributed by atoms with Gasteiger partial charge in [-0.25, -0.2) is 4.98 Å². The quantitative estimate of drug-likeness (QED) is 0.462. The highest BCUT2D eigenvalue weighted by atomic mass is 19.4. The summed E-state index contributed by atoms with van der Waals surface area (Å²) in [5.41, 5.74) is -1.62. The van der Waals surface area contributed by atoms with Gasteiger partial charge in [0.15, 0.2) is 0 Å². The molecule has 0 spiro atoms. The van der Waals surface area contributed by atoms with Crippen LogP contribution in [0.2, 0.25) is 0 Å². The third-order valence-electron chi connectivity index (χ3n) is 6.46. The summed E-state index contributed by atoms with van der Waals surface area (Å²) in [6, 6.07) is 6.65. The van der Waals surface area contributed by atoms with Crippen molar-refractivity contribution in [3.05, 3.63) is 53.5 Å². The zero-order chi connectivity index (χ0) is 25.4. The number of hydrogen-bond acceptors (Lipinski definition) is 5. The molecule has 1 aliphatic rings. The minimum absolute atomic E-state index is 0.184. The van der Waals surface area contributed by atoms with Crippen LogP contribution in [-0.2, 0) is 16.6 Å². The molecule has 0 saturated heterocycles. The maximum atomic E-state index is 13.0. The monoisotopic (exact) mass is 488 g/mol. The number of aldehydes is 1. The van der Waals surface area contributed by atoms with Gasteiger partial charge in [-0.05, 0) is 69.7 Å². The van der Waals surface area contributed by atoms with Crippen LogP contribution >= 0.6 is 0 Å². The molecule has 0 bridgehead atoms. The lowest BCUT2D eigenvalue weighted by atomic mass is 9.84. The van der Waals surface area contributed by atoms with Gasteiger partial charge in [0.2, 0.25) is 0 Å². The number of aromatic nitrogens is 3. The van der Waals surface area contributed by atoms with Crippen LogP contribution in [-0.4, -0.2) is 32.1 Å². The second-order valence-corrected chi connectivity index (χ2v) is 9.56. The summed E-state index contributed by atoms with van der Waals surface area (Å²) in [6.07, 6.45) is 2.42. The number of pyridine rings is 1. The molecule has 2 aromatic heterocycles. The SMILES string of the molecule is CC(C)(O)c1cc2nn([C@H]3CC[C@H](CC=O)CC3)cc2cc1NC(=O)c1cccc(C(F)(F)F)n1. The fraction of sp³-hybridized carbons (Fsp3) is 0.440. The normalized spacial score (nSPS) is 19.0. The summed E-state index contributed by atoms with van der Waals surface area (Å²) in [4.78, 5) is 27.0. The first kappa shape index (κ1) is 24.8. The molecule has 0 radical (unpaired) electrons. The van der Waals surface area contributed by atoms with Crippen molar-refractivity contribution in [1.29, 1.82) is 0 Å². The van der Waals surface area contributed by atoms with E-state index in [4.69, 9.17) is 0 Å². The van der Waals surface area contributed by atoms with E-state index in [0.29, 0.717) is 23.4 Å². The average molecular weight is 489 g/mol. The molecule has 35 heavy (non-hydrogen) atoms. The molecule has 0 unspecified atom stereocenters. The molecule has 0 atom stereocenters. The maximum absolute atomic E-state index is 13.0. The van der Waals surface area contributed by atoms with Gasteiger partial charge in [-0.1, -0.05) is 6.07 Å². The number of halogens is 3. The highest BCUT2D eigenvalue weighted by Gasteiger charge is 2.33. The Bertz CT molecular complexity index is 1240. The predicted molar refractivity (Wildman–Crippen MR) is 124 cm³/mol. The van der Waals surface area contributed by atoms with E-state index in [0.717, 1.165) is 49.5 Å². The summed E-state index contributed by atoms with van der Waals surface area (Å²) < 4.78 is 40.9. The van der Waals surface area contributed by atoms with Gasteiger partial charge in [-0.2, -0.15) is 18.3 Å². The molecule has 1 aliphatic carbocycles. The first-order valence-electron chi connectivity index (χ1n) is 11.5. The average Bonchev–Trinajstić information content (AvgIpc) is 3.21. The molecule has 1 fully saturated rings. The largest absolute Gasteiger partial charge is 0.433 e. The van der Waals surface area contributed by atoms with Crippen molar-refractivity contribution in [2.45, 2.75) is 63.8 Å². The molecule has 2 N–H and O–H groups in total. The maximum Gasteiger partial charge on any atom is 0.433 e. The second kappa shape index (κ2) is 9.41. The van der Waals surface area contributed by atoms with Crippen molar-refractivity contribution in [2.75, 3.05) is 5.32 Å². The van der Waals surface area contributed by atoms with Crippen molar-refractivity contribution < 1.29 is 27.9 Å². The molecule has 1 amide bonds. The standard InChI is InChI=1S/C25H27F3N4O3/c1-24(2,35)18-13-20-16(14-32(31-20)17-8-6-15(7-9-17)10-11-33)12-21(18)30-23(34)19-4-3-5-22(29-19)25(26,27)28/h3-5,11-15,17,35H,6-10H2,1-2H3,(H,30,34)/t15-,17-. The van der Waals surface area contributed by atoms with Crippen molar-refractivity contribution in [2.24, 2.45) is 5.92 Å². The topological polar surface area (TPSA) is 97.1 Å². The van der Waals surface area contributed by atoms with E-state index in [1.54, 1.807) is 26.0 Å². The van der Waals surface area contributed by atoms with Gasteiger partial charge in [-0.3, -0.25) is 9.48 Å². The van der Waals surface area contributed by atoms with Gasteiger partial charge in [0.05, 0.1) is 17.2 Å². The third kappa shape index (κ3) is 5.53. The third-order valence-corrected chi connectivity index (χ3v) is 6.46. The van der Waals surface area contributed by atoms with E-state index >= 15 is 0 Å². The molecule has 7 nitrogen and oxygen atoms in total. The number of hydrogen-bond donors (Lipinski definition) is 2. The van der Waals surface area contributed by atoms with E-state index in [1.165, 1.54) is 6.07 Å². The van der Waals surface area contributed by atoms with Crippen LogP contribution in [0.5, 0.6) is 0 Å². The van der Waals surface area contributed by atoms with E-state index in [-0.39, 0.29) is 17.4 Å². The van der Waals surface area contributed by atoms with E-state index < -0.39 is 23.4 Å². The Balaban J connectivity index is 1.63. The van der Waals surface area contributed by atoms with Crippen molar-refractivity contribution in [3.8, 4) is 0 Å². The summed E-state index contributed by atoms with van der Waals surface area (Å²) in [5.74, 6) is -0.413. The van der Waals surface area contributed by atoms with Gasteiger partial charge in [0.1, 0.15) is 17.7 Å². The molecule has 1 saturated carbocycles. The molecule has 2 heterocycles. The van der Waals surface area contributed by atoms with Gasteiger partial charge in [-0.15, -0.1) is 0 Å². The number of anilines is 1. The zero-order valence-electron chi connectivity index (χ0n) is 19.5. The Hall–Kier alpha value is -3.27. The number of alkyl halides is 3. The molecule has 4 rings (SSSR count). The number of aliphatic hydroxyl groups is 1. The highest BCUT2D eigenvalue weighted by molar-refractivity contribution is 6.04. The van der Waals surface area contributed by atoms with Crippen LogP contribution in [0.15, 0.2) is 36.5 Å². The molecule has 1 aromatic carbocycles. The zero-order valence-corrected chi connectivity index (χ0v) is 19.5. The lowest BCUT2D eigenvalue weighted by molar-refractivity contribution is -0.141. The summed E-state index contributed by atoms with van der Waals surface area (Å²) in [7, 11) is 0. The van der Waals surface area contributed by atoms with Gasteiger partial charge >= 0.3 is 6.18 Å². The minimum Gasteiger partial charge on any atom is -0.386 e. The number of benzene rings is 1. The summed E-state index contributed by atoms with van der Waals surface area (Å²) in [6.45, 7) is 3.11. The van der Waals surface area contributed by atoms with Crippen LogP contribution in [0, 0.1) is 5.92 Å².